The monoisotopic (exact) mass is 284 g/mol. The maximum absolute atomic E-state index is 3.47. The molecule has 1 aromatic carbocycles. The SMILES string of the molecule is Cc1cc(Br)ccc1CNCCNC(C)C. The fraction of sp³-hybridized carbons (Fsp3) is 0.538. The molecule has 90 valence electrons. The van der Waals surface area contributed by atoms with Crippen LogP contribution in [0.25, 0.3) is 0 Å². The van der Waals surface area contributed by atoms with E-state index in [0.717, 1.165) is 24.1 Å². The predicted molar refractivity (Wildman–Crippen MR) is 73.7 cm³/mol. The van der Waals surface area contributed by atoms with Crippen LogP contribution in [0.5, 0.6) is 0 Å². The lowest BCUT2D eigenvalue weighted by Crippen LogP contribution is -2.31. The number of aryl methyl sites for hydroxylation is 1. The molecule has 0 aliphatic rings. The Morgan fingerprint density at radius 2 is 2.00 bits per heavy atom. The van der Waals surface area contributed by atoms with Crippen LogP contribution >= 0.6 is 15.9 Å². The molecule has 0 saturated heterocycles. The van der Waals surface area contributed by atoms with E-state index < -0.39 is 0 Å². The zero-order chi connectivity index (χ0) is 12.0. The first-order valence-electron chi connectivity index (χ1n) is 5.78. The van der Waals surface area contributed by atoms with Crippen molar-refractivity contribution in [3.63, 3.8) is 0 Å². The first kappa shape index (κ1) is 13.7. The van der Waals surface area contributed by atoms with Crippen molar-refractivity contribution in [1.82, 2.24) is 10.6 Å². The van der Waals surface area contributed by atoms with E-state index in [9.17, 15) is 0 Å². The van der Waals surface area contributed by atoms with Crippen LogP contribution in [0.4, 0.5) is 0 Å². The average molecular weight is 285 g/mol. The highest BCUT2D eigenvalue weighted by molar-refractivity contribution is 9.10. The van der Waals surface area contributed by atoms with Crippen LogP contribution < -0.4 is 10.6 Å². The Bertz CT molecular complexity index is 324. The number of rotatable bonds is 6. The van der Waals surface area contributed by atoms with Crippen molar-refractivity contribution in [2.75, 3.05) is 13.1 Å². The third-order valence-electron chi connectivity index (χ3n) is 2.47. The van der Waals surface area contributed by atoms with Gasteiger partial charge in [0, 0.05) is 30.1 Å². The third kappa shape index (κ3) is 5.10. The number of halogens is 1. The van der Waals surface area contributed by atoms with Crippen molar-refractivity contribution < 1.29 is 0 Å². The second kappa shape index (κ2) is 7.05. The molecular weight excluding hydrogens is 264 g/mol. The summed E-state index contributed by atoms with van der Waals surface area (Å²) in [4.78, 5) is 0. The summed E-state index contributed by atoms with van der Waals surface area (Å²) >= 11 is 3.47. The van der Waals surface area contributed by atoms with Crippen LogP contribution in [-0.2, 0) is 6.54 Å². The van der Waals surface area contributed by atoms with E-state index in [1.165, 1.54) is 11.1 Å². The molecule has 0 aromatic heterocycles. The smallest absolute Gasteiger partial charge is 0.0208 e. The summed E-state index contributed by atoms with van der Waals surface area (Å²) < 4.78 is 1.15. The standard InChI is InChI=1S/C13H21BrN2/c1-10(2)16-7-6-15-9-12-4-5-13(14)8-11(12)3/h4-5,8,10,15-16H,6-7,9H2,1-3H3. The molecule has 0 atom stereocenters. The molecule has 0 bridgehead atoms. The van der Waals surface area contributed by atoms with Crippen LogP contribution in [0.2, 0.25) is 0 Å². The summed E-state index contributed by atoms with van der Waals surface area (Å²) in [7, 11) is 0. The topological polar surface area (TPSA) is 24.1 Å². The maximum atomic E-state index is 3.47. The largest absolute Gasteiger partial charge is 0.313 e. The van der Waals surface area contributed by atoms with E-state index in [-0.39, 0.29) is 0 Å². The molecule has 0 fully saturated rings. The lowest BCUT2D eigenvalue weighted by atomic mass is 10.1. The van der Waals surface area contributed by atoms with E-state index in [4.69, 9.17) is 0 Å². The highest BCUT2D eigenvalue weighted by atomic mass is 79.9. The Balaban J connectivity index is 2.27. The minimum Gasteiger partial charge on any atom is -0.313 e. The molecule has 0 spiro atoms. The fourth-order valence-corrected chi connectivity index (χ4v) is 2.01. The number of hydrogen-bond acceptors (Lipinski definition) is 2. The quantitative estimate of drug-likeness (QED) is 0.785. The molecule has 2 N–H and O–H groups in total. The van der Waals surface area contributed by atoms with Gasteiger partial charge in [-0.15, -0.1) is 0 Å². The van der Waals surface area contributed by atoms with Crippen LogP contribution in [0.3, 0.4) is 0 Å². The van der Waals surface area contributed by atoms with E-state index in [2.05, 4.69) is 65.5 Å². The number of nitrogens with one attached hydrogen (secondary N) is 2. The molecule has 0 aliphatic carbocycles. The van der Waals surface area contributed by atoms with Gasteiger partial charge in [-0.2, -0.15) is 0 Å². The summed E-state index contributed by atoms with van der Waals surface area (Å²) in [6.45, 7) is 9.45. The first-order valence-corrected chi connectivity index (χ1v) is 6.58. The number of hydrogen-bond donors (Lipinski definition) is 2. The van der Waals surface area contributed by atoms with Crippen molar-refractivity contribution >= 4 is 15.9 Å². The van der Waals surface area contributed by atoms with Crippen LogP contribution in [0, 0.1) is 6.92 Å². The molecule has 16 heavy (non-hydrogen) atoms. The van der Waals surface area contributed by atoms with Gasteiger partial charge >= 0.3 is 0 Å². The Kier molecular flexibility index (Phi) is 6.03. The minimum absolute atomic E-state index is 0.566. The van der Waals surface area contributed by atoms with Crippen molar-refractivity contribution in [3.8, 4) is 0 Å². The van der Waals surface area contributed by atoms with Gasteiger partial charge in [-0.05, 0) is 30.2 Å². The molecule has 0 heterocycles. The summed E-state index contributed by atoms with van der Waals surface area (Å²) in [5, 5.41) is 6.83. The Hall–Kier alpha value is -0.380. The lowest BCUT2D eigenvalue weighted by Gasteiger charge is -2.10. The van der Waals surface area contributed by atoms with Crippen LogP contribution in [-0.4, -0.2) is 19.1 Å². The normalized spacial score (nSPS) is 11.1. The summed E-state index contributed by atoms with van der Waals surface area (Å²) in [5.74, 6) is 0. The fourth-order valence-electron chi connectivity index (χ4n) is 1.53. The molecule has 2 nitrogen and oxygen atoms in total. The van der Waals surface area contributed by atoms with E-state index in [1.54, 1.807) is 0 Å². The van der Waals surface area contributed by atoms with Gasteiger partial charge in [0.15, 0.2) is 0 Å². The molecule has 0 aliphatic heterocycles. The molecule has 0 radical (unpaired) electrons. The highest BCUT2D eigenvalue weighted by Gasteiger charge is 1.98. The van der Waals surface area contributed by atoms with E-state index in [0.29, 0.717) is 6.04 Å². The van der Waals surface area contributed by atoms with Gasteiger partial charge in [0.25, 0.3) is 0 Å². The van der Waals surface area contributed by atoms with Crippen LogP contribution in [0.1, 0.15) is 25.0 Å². The lowest BCUT2D eigenvalue weighted by molar-refractivity contribution is 0.555. The third-order valence-corrected chi connectivity index (χ3v) is 2.97. The molecule has 1 aromatic rings. The van der Waals surface area contributed by atoms with Crippen molar-refractivity contribution in [2.45, 2.75) is 33.4 Å². The van der Waals surface area contributed by atoms with Gasteiger partial charge in [-0.25, -0.2) is 0 Å². The molecule has 0 saturated carbocycles. The van der Waals surface area contributed by atoms with Gasteiger partial charge in [-0.1, -0.05) is 35.8 Å². The molecule has 0 amide bonds. The molecule has 1 rings (SSSR count). The Labute approximate surface area is 107 Å². The predicted octanol–water partition coefficient (Wildman–Crippen LogP) is 2.85. The van der Waals surface area contributed by atoms with Gasteiger partial charge in [0.2, 0.25) is 0 Å². The number of benzene rings is 1. The second-order valence-electron chi connectivity index (χ2n) is 4.36. The minimum atomic E-state index is 0.566. The van der Waals surface area contributed by atoms with Crippen molar-refractivity contribution in [1.29, 1.82) is 0 Å². The van der Waals surface area contributed by atoms with E-state index in [1.807, 2.05) is 0 Å². The van der Waals surface area contributed by atoms with Gasteiger partial charge in [-0.3, -0.25) is 0 Å². The Morgan fingerprint density at radius 3 is 2.62 bits per heavy atom. The summed E-state index contributed by atoms with van der Waals surface area (Å²) in [6, 6.07) is 6.98. The van der Waals surface area contributed by atoms with Crippen LogP contribution in [0.15, 0.2) is 22.7 Å². The van der Waals surface area contributed by atoms with Crippen molar-refractivity contribution in [3.05, 3.63) is 33.8 Å². The zero-order valence-corrected chi connectivity index (χ0v) is 11.9. The molecule has 3 heteroatoms. The summed E-state index contributed by atoms with van der Waals surface area (Å²) in [5.41, 5.74) is 2.70. The Morgan fingerprint density at radius 1 is 1.25 bits per heavy atom. The van der Waals surface area contributed by atoms with Gasteiger partial charge in [0.1, 0.15) is 0 Å². The molecular formula is C13H21BrN2. The summed E-state index contributed by atoms with van der Waals surface area (Å²) in [6.07, 6.45) is 0. The highest BCUT2D eigenvalue weighted by Crippen LogP contribution is 2.15. The van der Waals surface area contributed by atoms with E-state index >= 15 is 0 Å². The molecule has 0 unspecified atom stereocenters. The first-order chi connectivity index (χ1) is 7.59. The van der Waals surface area contributed by atoms with Crippen molar-refractivity contribution in [2.24, 2.45) is 0 Å². The second-order valence-corrected chi connectivity index (χ2v) is 5.27. The van der Waals surface area contributed by atoms with Gasteiger partial charge < -0.3 is 10.6 Å². The zero-order valence-electron chi connectivity index (χ0n) is 10.3. The maximum Gasteiger partial charge on any atom is 0.0208 e. The average Bonchev–Trinajstić information content (AvgIpc) is 2.20. The van der Waals surface area contributed by atoms with Gasteiger partial charge in [0.05, 0.1) is 0 Å².